The standard InChI is InChI=1S/C7H6O2/c8-7(9)6-4-2-1-3-5-6/h2-4H,5H2,(H,8,9). The molecule has 0 atom stereocenters. The molecule has 0 aromatic heterocycles. The Kier molecular flexibility index (Phi) is 1.52. The van der Waals surface area contributed by atoms with Gasteiger partial charge in [0.2, 0.25) is 0 Å². The van der Waals surface area contributed by atoms with E-state index in [1.54, 1.807) is 18.2 Å². The highest BCUT2D eigenvalue weighted by molar-refractivity contribution is 5.87. The second-order valence-electron chi connectivity index (χ2n) is 1.74. The summed E-state index contributed by atoms with van der Waals surface area (Å²) in [7, 11) is 0. The molecule has 2 nitrogen and oxygen atoms in total. The highest BCUT2D eigenvalue weighted by Crippen LogP contribution is 2.05. The zero-order chi connectivity index (χ0) is 6.69. The Morgan fingerprint density at radius 2 is 2.56 bits per heavy atom. The predicted octanol–water partition coefficient (Wildman–Crippen LogP) is 1.11. The minimum absolute atomic E-state index is 0.425. The maximum absolute atomic E-state index is 10.2. The van der Waals surface area contributed by atoms with Crippen molar-refractivity contribution in [2.75, 3.05) is 0 Å². The van der Waals surface area contributed by atoms with E-state index in [1.807, 2.05) is 0 Å². The van der Waals surface area contributed by atoms with E-state index in [4.69, 9.17) is 5.11 Å². The second-order valence-corrected chi connectivity index (χ2v) is 1.74. The van der Waals surface area contributed by atoms with Gasteiger partial charge in [0.25, 0.3) is 0 Å². The van der Waals surface area contributed by atoms with Crippen LogP contribution in [0, 0.1) is 0 Å². The molecule has 0 unspecified atom stereocenters. The van der Waals surface area contributed by atoms with Gasteiger partial charge in [-0.3, -0.25) is 0 Å². The molecule has 0 aromatic rings. The molecule has 0 fully saturated rings. The summed E-state index contributed by atoms with van der Waals surface area (Å²) in [5, 5.41) is 8.40. The lowest BCUT2D eigenvalue weighted by atomic mass is 10.1. The maximum atomic E-state index is 10.2. The van der Waals surface area contributed by atoms with Gasteiger partial charge in [0.1, 0.15) is 0 Å². The Hall–Kier alpha value is -1.27. The smallest absolute Gasteiger partial charge is 0.331 e. The molecular formula is C7H6O2. The predicted molar refractivity (Wildman–Crippen MR) is 33.0 cm³/mol. The van der Waals surface area contributed by atoms with Crippen LogP contribution in [0.5, 0.6) is 0 Å². The van der Waals surface area contributed by atoms with Gasteiger partial charge in [0.15, 0.2) is 0 Å². The summed E-state index contributed by atoms with van der Waals surface area (Å²) in [6.45, 7) is 0. The molecule has 2 heteroatoms. The van der Waals surface area contributed by atoms with Gasteiger partial charge >= 0.3 is 5.97 Å². The average Bonchev–Trinajstić information content (AvgIpc) is 1.90. The summed E-state index contributed by atoms with van der Waals surface area (Å²) in [5.41, 5.74) is 3.20. The van der Waals surface area contributed by atoms with Crippen LogP contribution in [0.15, 0.2) is 29.5 Å². The van der Waals surface area contributed by atoms with E-state index in [1.165, 1.54) is 0 Å². The molecule has 0 heterocycles. The van der Waals surface area contributed by atoms with Crippen LogP contribution in [0.3, 0.4) is 0 Å². The molecule has 46 valence electrons. The van der Waals surface area contributed by atoms with Gasteiger partial charge in [-0.15, -0.1) is 5.73 Å². The zero-order valence-electron chi connectivity index (χ0n) is 4.79. The monoisotopic (exact) mass is 122 g/mol. The molecule has 0 radical (unpaired) electrons. The fraction of sp³-hybridized carbons (Fsp3) is 0.143. The third-order valence-corrected chi connectivity index (χ3v) is 1.10. The number of hydrogen-bond donors (Lipinski definition) is 1. The Balaban J connectivity index is 2.78. The first-order valence-corrected chi connectivity index (χ1v) is 2.64. The van der Waals surface area contributed by atoms with Crippen molar-refractivity contribution in [1.29, 1.82) is 0 Å². The largest absolute Gasteiger partial charge is 0.478 e. The Bertz CT molecular complexity index is 217. The summed E-state index contributed by atoms with van der Waals surface area (Å²) >= 11 is 0. The molecule has 0 bridgehead atoms. The normalized spacial score (nSPS) is 15.3. The third kappa shape index (κ3) is 1.31. The summed E-state index contributed by atoms with van der Waals surface area (Å²) in [5.74, 6) is -0.844. The molecule has 0 saturated carbocycles. The van der Waals surface area contributed by atoms with Gasteiger partial charge in [0, 0.05) is 12.0 Å². The lowest BCUT2D eigenvalue weighted by molar-refractivity contribution is -0.132. The molecule has 0 saturated heterocycles. The van der Waals surface area contributed by atoms with E-state index in [9.17, 15) is 4.79 Å². The number of hydrogen-bond acceptors (Lipinski definition) is 1. The number of carboxylic acid groups (broad SMARTS) is 1. The van der Waals surface area contributed by atoms with Gasteiger partial charge in [-0.1, -0.05) is 0 Å². The van der Waals surface area contributed by atoms with E-state index in [-0.39, 0.29) is 0 Å². The van der Waals surface area contributed by atoms with E-state index < -0.39 is 5.97 Å². The number of allylic oxidation sites excluding steroid dienone is 2. The fourth-order valence-corrected chi connectivity index (χ4v) is 0.612. The van der Waals surface area contributed by atoms with Crippen molar-refractivity contribution in [3.63, 3.8) is 0 Å². The lowest BCUT2D eigenvalue weighted by Crippen LogP contribution is -1.99. The average molecular weight is 122 g/mol. The summed E-state index contributed by atoms with van der Waals surface area (Å²) in [4.78, 5) is 10.2. The van der Waals surface area contributed by atoms with E-state index in [2.05, 4.69) is 5.73 Å². The van der Waals surface area contributed by atoms with Crippen molar-refractivity contribution >= 4 is 5.97 Å². The molecular weight excluding hydrogens is 116 g/mol. The van der Waals surface area contributed by atoms with Gasteiger partial charge in [-0.2, -0.15) is 0 Å². The minimum atomic E-state index is -0.844. The van der Waals surface area contributed by atoms with Crippen molar-refractivity contribution < 1.29 is 9.90 Å². The van der Waals surface area contributed by atoms with E-state index in [0.29, 0.717) is 12.0 Å². The van der Waals surface area contributed by atoms with Crippen molar-refractivity contribution in [2.45, 2.75) is 6.42 Å². The molecule has 0 amide bonds. The first kappa shape index (κ1) is 5.86. The minimum Gasteiger partial charge on any atom is -0.478 e. The zero-order valence-corrected chi connectivity index (χ0v) is 4.79. The molecule has 0 aliphatic heterocycles. The number of aliphatic carboxylic acids is 1. The Labute approximate surface area is 52.8 Å². The lowest BCUT2D eigenvalue weighted by Gasteiger charge is -1.95. The summed E-state index contributed by atoms with van der Waals surface area (Å²) in [6, 6.07) is 0. The van der Waals surface area contributed by atoms with E-state index in [0.717, 1.165) is 0 Å². The summed E-state index contributed by atoms with van der Waals surface area (Å²) in [6.07, 6.45) is 5.35. The molecule has 0 aromatic carbocycles. The van der Waals surface area contributed by atoms with Crippen LogP contribution in [-0.2, 0) is 4.79 Å². The van der Waals surface area contributed by atoms with Crippen molar-refractivity contribution in [2.24, 2.45) is 0 Å². The van der Waals surface area contributed by atoms with Crippen LogP contribution < -0.4 is 0 Å². The van der Waals surface area contributed by atoms with Crippen molar-refractivity contribution in [3.05, 3.63) is 29.5 Å². The van der Waals surface area contributed by atoms with Crippen molar-refractivity contribution in [3.8, 4) is 0 Å². The number of carboxylic acids is 1. The van der Waals surface area contributed by atoms with Gasteiger partial charge in [-0.25, -0.2) is 4.79 Å². The molecule has 9 heavy (non-hydrogen) atoms. The van der Waals surface area contributed by atoms with Crippen LogP contribution in [-0.4, -0.2) is 11.1 Å². The van der Waals surface area contributed by atoms with Crippen LogP contribution in [0.25, 0.3) is 0 Å². The molecule has 1 rings (SSSR count). The highest BCUT2D eigenvalue weighted by Gasteiger charge is 2.03. The first-order valence-electron chi connectivity index (χ1n) is 2.64. The number of rotatable bonds is 1. The Morgan fingerprint density at radius 3 is 2.89 bits per heavy atom. The molecule has 1 aliphatic rings. The molecule has 1 aliphatic carbocycles. The topological polar surface area (TPSA) is 37.3 Å². The quantitative estimate of drug-likeness (QED) is 0.529. The van der Waals surface area contributed by atoms with Crippen LogP contribution in [0.4, 0.5) is 0 Å². The van der Waals surface area contributed by atoms with Crippen LogP contribution in [0.2, 0.25) is 0 Å². The van der Waals surface area contributed by atoms with Crippen LogP contribution in [0.1, 0.15) is 6.42 Å². The highest BCUT2D eigenvalue weighted by atomic mass is 16.4. The second kappa shape index (κ2) is 2.33. The Morgan fingerprint density at radius 1 is 1.78 bits per heavy atom. The van der Waals surface area contributed by atoms with Gasteiger partial charge in [0.05, 0.1) is 0 Å². The van der Waals surface area contributed by atoms with Gasteiger partial charge < -0.3 is 5.11 Å². The fourth-order valence-electron chi connectivity index (χ4n) is 0.612. The maximum Gasteiger partial charge on any atom is 0.331 e. The summed E-state index contributed by atoms with van der Waals surface area (Å²) < 4.78 is 0. The van der Waals surface area contributed by atoms with Crippen molar-refractivity contribution in [1.82, 2.24) is 0 Å². The van der Waals surface area contributed by atoms with Crippen LogP contribution >= 0.6 is 0 Å². The SMILES string of the molecule is O=C(O)C1=CC=C=CC1. The van der Waals surface area contributed by atoms with Gasteiger partial charge in [-0.05, 0) is 18.2 Å². The first-order chi connectivity index (χ1) is 4.30. The number of carbonyl (C=O) groups is 1. The molecule has 0 spiro atoms. The molecule has 1 N–H and O–H groups in total. The third-order valence-electron chi connectivity index (χ3n) is 1.10. The van der Waals surface area contributed by atoms with E-state index >= 15 is 0 Å².